The zero-order valence-electron chi connectivity index (χ0n) is 9.96. The minimum absolute atomic E-state index is 0.0272. The predicted molar refractivity (Wildman–Crippen MR) is 61.7 cm³/mol. The molecule has 0 unspecified atom stereocenters. The highest BCUT2D eigenvalue weighted by atomic mass is 16.4. The van der Waals surface area contributed by atoms with Crippen molar-refractivity contribution in [1.82, 2.24) is 20.4 Å². The molecule has 0 aliphatic carbocycles. The van der Waals surface area contributed by atoms with Crippen molar-refractivity contribution in [3.8, 4) is 0 Å². The molecular weight excluding hydrogens is 240 g/mol. The third-order valence-electron chi connectivity index (χ3n) is 2.33. The largest absolute Gasteiger partial charge is 0.480 e. The van der Waals surface area contributed by atoms with Gasteiger partial charge in [-0.25, -0.2) is 9.59 Å². The highest BCUT2D eigenvalue weighted by Gasteiger charge is 2.21. The predicted octanol–water partition coefficient (Wildman–Crippen LogP) is -0.613. The van der Waals surface area contributed by atoms with Gasteiger partial charge in [0.1, 0.15) is 6.04 Å². The number of carboxylic acid groups (broad SMARTS) is 1. The molecule has 0 spiro atoms. The molecular formula is C10H16N4O4. The second-order valence-electron chi connectivity index (χ2n) is 3.82. The van der Waals surface area contributed by atoms with E-state index >= 15 is 0 Å². The number of hydrogen-bond donors (Lipinski definition) is 4. The summed E-state index contributed by atoms with van der Waals surface area (Å²) in [6.07, 6.45) is 3.19. The number of carbonyl (C=O) groups is 2. The van der Waals surface area contributed by atoms with Crippen LogP contribution in [0.4, 0.5) is 4.79 Å². The molecule has 0 aliphatic rings. The molecule has 4 N–H and O–H groups in total. The van der Waals surface area contributed by atoms with Crippen LogP contribution in [0.5, 0.6) is 0 Å². The van der Waals surface area contributed by atoms with Gasteiger partial charge in [-0.2, -0.15) is 5.10 Å². The van der Waals surface area contributed by atoms with Gasteiger partial charge >= 0.3 is 12.0 Å². The van der Waals surface area contributed by atoms with Crippen molar-refractivity contribution in [1.29, 1.82) is 0 Å². The van der Waals surface area contributed by atoms with Crippen LogP contribution < -0.4 is 5.32 Å². The first kappa shape index (κ1) is 14.0. The first-order valence-electron chi connectivity index (χ1n) is 5.37. The summed E-state index contributed by atoms with van der Waals surface area (Å²) in [4.78, 5) is 23.8. The minimum atomic E-state index is -1.17. The Morgan fingerprint density at radius 1 is 1.61 bits per heavy atom. The number of aromatic amines is 1. The number of aliphatic hydroxyl groups excluding tert-OH is 1. The van der Waals surface area contributed by atoms with E-state index in [9.17, 15) is 9.59 Å². The van der Waals surface area contributed by atoms with Crippen LogP contribution in [0.25, 0.3) is 0 Å². The molecule has 1 atom stereocenters. The van der Waals surface area contributed by atoms with E-state index in [1.165, 1.54) is 4.90 Å². The van der Waals surface area contributed by atoms with E-state index < -0.39 is 18.0 Å². The molecule has 0 fully saturated rings. The van der Waals surface area contributed by atoms with Gasteiger partial charge in [-0.1, -0.05) is 0 Å². The van der Waals surface area contributed by atoms with Crippen LogP contribution in [0.3, 0.4) is 0 Å². The lowest BCUT2D eigenvalue weighted by atomic mass is 10.2. The number of aliphatic carboxylic acids is 1. The molecule has 100 valence electrons. The number of aliphatic hydroxyl groups is 1. The zero-order valence-corrected chi connectivity index (χ0v) is 9.96. The Kier molecular flexibility index (Phi) is 5.12. The number of nitrogens with zero attached hydrogens (tertiary/aromatic N) is 2. The lowest BCUT2D eigenvalue weighted by Gasteiger charge is -2.20. The van der Waals surface area contributed by atoms with Crippen LogP contribution >= 0.6 is 0 Å². The van der Waals surface area contributed by atoms with E-state index in [2.05, 4.69) is 15.5 Å². The quantitative estimate of drug-likeness (QED) is 0.541. The molecule has 0 saturated heterocycles. The highest BCUT2D eigenvalue weighted by molar-refractivity contribution is 5.82. The van der Waals surface area contributed by atoms with Crippen LogP contribution in [-0.2, 0) is 11.3 Å². The third kappa shape index (κ3) is 4.06. The number of hydrogen-bond acceptors (Lipinski definition) is 4. The summed E-state index contributed by atoms with van der Waals surface area (Å²) < 4.78 is 0. The van der Waals surface area contributed by atoms with Crippen LogP contribution in [0.15, 0.2) is 12.4 Å². The summed E-state index contributed by atoms with van der Waals surface area (Å²) in [6, 6.07) is -1.61. The summed E-state index contributed by atoms with van der Waals surface area (Å²) in [5.74, 6) is -1.17. The maximum atomic E-state index is 11.7. The number of carbonyl (C=O) groups excluding carboxylic acids is 1. The lowest BCUT2D eigenvalue weighted by Crippen LogP contribution is -2.46. The van der Waals surface area contributed by atoms with Crippen LogP contribution in [0, 0.1) is 0 Å². The molecule has 0 radical (unpaired) electrons. The zero-order chi connectivity index (χ0) is 13.5. The molecule has 8 heteroatoms. The fraction of sp³-hybridized carbons (Fsp3) is 0.500. The first-order valence-corrected chi connectivity index (χ1v) is 5.37. The molecule has 1 aromatic heterocycles. The Hall–Kier alpha value is -2.09. The van der Waals surface area contributed by atoms with E-state index in [-0.39, 0.29) is 13.0 Å². The Labute approximate surface area is 104 Å². The fourth-order valence-electron chi connectivity index (χ4n) is 1.36. The number of nitrogens with one attached hydrogen (secondary N) is 2. The van der Waals surface area contributed by atoms with E-state index in [4.69, 9.17) is 10.2 Å². The van der Waals surface area contributed by atoms with Gasteiger partial charge in [-0.15, -0.1) is 0 Å². The third-order valence-corrected chi connectivity index (χ3v) is 2.33. The molecule has 0 saturated carbocycles. The van der Waals surface area contributed by atoms with Gasteiger partial charge in [0.2, 0.25) is 0 Å². The van der Waals surface area contributed by atoms with Crippen molar-refractivity contribution in [2.75, 3.05) is 13.7 Å². The summed E-state index contributed by atoms with van der Waals surface area (Å²) in [5, 5.41) is 26.2. The number of H-pyrrole nitrogens is 1. The van der Waals surface area contributed by atoms with Crippen molar-refractivity contribution < 1.29 is 19.8 Å². The Morgan fingerprint density at radius 3 is 2.83 bits per heavy atom. The summed E-state index contributed by atoms with van der Waals surface area (Å²) >= 11 is 0. The molecule has 0 aliphatic heterocycles. The monoisotopic (exact) mass is 256 g/mol. The SMILES string of the molecule is CN(Cc1cn[nH]c1)C(=O)N[C@@H](CCO)C(=O)O. The molecule has 2 amide bonds. The maximum Gasteiger partial charge on any atom is 0.326 e. The van der Waals surface area contributed by atoms with Gasteiger partial charge in [0.15, 0.2) is 0 Å². The molecule has 1 aromatic rings. The average Bonchev–Trinajstić information content (AvgIpc) is 2.80. The smallest absolute Gasteiger partial charge is 0.326 e. The molecule has 8 nitrogen and oxygen atoms in total. The van der Waals surface area contributed by atoms with Gasteiger partial charge < -0.3 is 20.4 Å². The van der Waals surface area contributed by atoms with Gasteiger partial charge in [-0.3, -0.25) is 5.10 Å². The molecule has 0 aromatic carbocycles. The normalized spacial score (nSPS) is 11.9. The number of amides is 2. The summed E-state index contributed by atoms with van der Waals surface area (Å²) in [7, 11) is 1.54. The van der Waals surface area contributed by atoms with Crippen LogP contribution in [0.1, 0.15) is 12.0 Å². The van der Waals surface area contributed by atoms with Crippen molar-refractivity contribution >= 4 is 12.0 Å². The minimum Gasteiger partial charge on any atom is -0.480 e. The van der Waals surface area contributed by atoms with Gasteiger partial charge in [-0.05, 0) is 0 Å². The van der Waals surface area contributed by atoms with Crippen molar-refractivity contribution in [3.63, 3.8) is 0 Å². The highest BCUT2D eigenvalue weighted by Crippen LogP contribution is 2.01. The van der Waals surface area contributed by atoms with Gasteiger partial charge in [0.05, 0.1) is 12.7 Å². The topological polar surface area (TPSA) is 119 Å². The Bertz CT molecular complexity index is 393. The molecule has 18 heavy (non-hydrogen) atoms. The van der Waals surface area contributed by atoms with Crippen LogP contribution in [0.2, 0.25) is 0 Å². The van der Waals surface area contributed by atoms with E-state index in [0.717, 1.165) is 5.56 Å². The number of aromatic nitrogens is 2. The average molecular weight is 256 g/mol. The van der Waals surface area contributed by atoms with Crippen molar-refractivity contribution in [2.24, 2.45) is 0 Å². The first-order chi connectivity index (χ1) is 8.54. The standard InChI is InChI=1S/C10H16N4O4/c1-14(6-7-4-11-12-5-7)10(18)13-8(2-3-15)9(16)17/h4-5,8,15H,2-3,6H2,1H3,(H,11,12)(H,13,18)(H,16,17)/t8-/m0/s1. The van der Waals surface area contributed by atoms with Crippen molar-refractivity contribution in [3.05, 3.63) is 18.0 Å². The summed E-state index contributed by atoms with van der Waals surface area (Å²) in [6.45, 7) is 0.0104. The molecule has 0 bridgehead atoms. The lowest BCUT2D eigenvalue weighted by molar-refractivity contribution is -0.139. The summed E-state index contributed by atoms with van der Waals surface area (Å²) in [5.41, 5.74) is 0.807. The van der Waals surface area contributed by atoms with E-state index in [1.54, 1.807) is 19.4 Å². The Balaban J connectivity index is 2.50. The second-order valence-corrected chi connectivity index (χ2v) is 3.82. The van der Waals surface area contributed by atoms with E-state index in [0.29, 0.717) is 6.54 Å². The van der Waals surface area contributed by atoms with Crippen LogP contribution in [-0.4, -0.2) is 57.0 Å². The molecule has 1 rings (SSSR count). The maximum absolute atomic E-state index is 11.7. The van der Waals surface area contributed by atoms with Gasteiger partial charge in [0.25, 0.3) is 0 Å². The Morgan fingerprint density at radius 2 is 2.33 bits per heavy atom. The fourth-order valence-corrected chi connectivity index (χ4v) is 1.36. The number of rotatable bonds is 6. The van der Waals surface area contributed by atoms with Crippen molar-refractivity contribution in [2.45, 2.75) is 19.0 Å². The number of urea groups is 1. The number of carboxylic acids is 1. The second kappa shape index (κ2) is 6.60. The van der Waals surface area contributed by atoms with E-state index in [1.807, 2.05) is 0 Å². The molecule has 1 heterocycles. The van der Waals surface area contributed by atoms with Gasteiger partial charge in [0, 0.05) is 31.8 Å².